The molecular formula is C15H23NO5S2. The number of rotatable bonds is 7. The van der Waals surface area contributed by atoms with Gasteiger partial charge in [-0.1, -0.05) is 37.4 Å². The zero-order valence-corrected chi connectivity index (χ0v) is 15.2. The second kappa shape index (κ2) is 9.32. The van der Waals surface area contributed by atoms with Gasteiger partial charge in [-0.15, -0.1) is 0 Å². The van der Waals surface area contributed by atoms with E-state index in [1.807, 2.05) is 0 Å². The fourth-order valence-corrected chi connectivity index (χ4v) is 3.97. The van der Waals surface area contributed by atoms with E-state index in [1.165, 1.54) is 11.8 Å². The molecule has 6 nitrogen and oxygen atoms in total. The zero-order chi connectivity index (χ0) is 17.6. The number of likely N-dealkylation sites (tertiary alicyclic amines) is 1. The quantitative estimate of drug-likeness (QED) is 0.740. The smallest absolute Gasteiger partial charge is 0.326 e. The summed E-state index contributed by atoms with van der Waals surface area (Å²) in [6.07, 6.45) is 1.18. The van der Waals surface area contributed by atoms with Gasteiger partial charge in [-0.05, 0) is 12.8 Å². The Kier molecular flexibility index (Phi) is 8.11. The summed E-state index contributed by atoms with van der Waals surface area (Å²) in [7, 11) is 0. The van der Waals surface area contributed by atoms with Crippen LogP contribution in [-0.2, 0) is 19.2 Å². The van der Waals surface area contributed by atoms with Crippen molar-refractivity contribution in [2.45, 2.75) is 39.7 Å². The van der Waals surface area contributed by atoms with Crippen molar-refractivity contribution in [3.05, 3.63) is 0 Å². The Hall–Kier alpha value is -1.02. The number of aliphatic carboxylic acids is 1. The predicted molar refractivity (Wildman–Crippen MR) is 91.3 cm³/mol. The summed E-state index contributed by atoms with van der Waals surface area (Å²) in [5.41, 5.74) is 0. The number of nitrogens with zero attached hydrogens (tertiary/aromatic N) is 1. The topological polar surface area (TPSA) is 91.8 Å². The molecule has 23 heavy (non-hydrogen) atoms. The summed E-state index contributed by atoms with van der Waals surface area (Å²) in [5, 5.41) is 9.06. The van der Waals surface area contributed by atoms with Crippen LogP contribution in [0.5, 0.6) is 0 Å². The third kappa shape index (κ3) is 6.18. The standard InChI is InChI=1S/C15H23NO5S2/c1-9(7-23-15(21)10(2)8-22-11(3)17)13(18)16-6-4-5-12(16)14(19)20/h9-10,12H,4-8H2,1-3H3,(H,19,20)/t9-,10+,12+/m1/s1. The van der Waals surface area contributed by atoms with Gasteiger partial charge in [0.25, 0.3) is 0 Å². The molecule has 0 bridgehead atoms. The van der Waals surface area contributed by atoms with Crippen molar-refractivity contribution in [2.75, 3.05) is 18.1 Å². The summed E-state index contributed by atoms with van der Waals surface area (Å²) in [5.74, 6) is -1.07. The van der Waals surface area contributed by atoms with Crippen molar-refractivity contribution in [3.8, 4) is 0 Å². The lowest BCUT2D eigenvalue weighted by molar-refractivity contribution is -0.149. The largest absolute Gasteiger partial charge is 0.480 e. The Morgan fingerprint density at radius 3 is 2.30 bits per heavy atom. The third-order valence-corrected chi connectivity index (χ3v) is 6.08. The second-order valence-corrected chi connectivity index (χ2v) is 7.98. The molecule has 1 amide bonds. The van der Waals surface area contributed by atoms with Crippen LogP contribution in [0.1, 0.15) is 33.6 Å². The molecule has 0 aromatic heterocycles. The van der Waals surface area contributed by atoms with Gasteiger partial charge in [-0.25, -0.2) is 4.79 Å². The number of carbonyl (C=O) groups excluding carboxylic acids is 3. The van der Waals surface area contributed by atoms with E-state index < -0.39 is 17.9 Å². The Morgan fingerprint density at radius 2 is 1.74 bits per heavy atom. The molecule has 3 atom stereocenters. The first kappa shape index (κ1) is 20.0. The monoisotopic (exact) mass is 361 g/mol. The van der Waals surface area contributed by atoms with E-state index in [9.17, 15) is 19.2 Å². The van der Waals surface area contributed by atoms with Crippen LogP contribution in [0.4, 0.5) is 0 Å². The average Bonchev–Trinajstić information content (AvgIpc) is 2.98. The van der Waals surface area contributed by atoms with Gasteiger partial charge >= 0.3 is 5.97 Å². The Labute approximate surface area is 144 Å². The number of thioether (sulfide) groups is 2. The molecule has 1 N–H and O–H groups in total. The van der Waals surface area contributed by atoms with Gasteiger partial charge in [0, 0.05) is 36.8 Å². The number of amides is 1. The highest BCUT2D eigenvalue weighted by Gasteiger charge is 2.35. The van der Waals surface area contributed by atoms with Crippen LogP contribution in [0.15, 0.2) is 0 Å². The van der Waals surface area contributed by atoms with Crippen LogP contribution in [0, 0.1) is 11.8 Å². The first-order valence-electron chi connectivity index (χ1n) is 7.57. The minimum absolute atomic E-state index is 0.0214. The fraction of sp³-hybridized carbons (Fsp3) is 0.733. The predicted octanol–water partition coefficient (Wildman–Crippen LogP) is 1.87. The number of hydrogen-bond acceptors (Lipinski definition) is 6. The number of carbonyl (C=O) groups is 4. The van der Waals surface area contributed by atoms with Gasteiger partial charge in [0.15, 0.2) is 10.2 Å². The number of hydrogen-bond donors (Lipinski definition) is 1. The summed E-state index contributed by atoms with van der Waals surface area (Å²) in [6.45, 7) is 5.41. The zero-order valence-electron chi connectivity index (χ0n) is 13.6. The lowest BCUT2D eigenvalue weighted by Crippen LogP contribution is -2.43. The fourth-order valence-electron chi connectivity index (χ4n) is 2.30. The van der Waals surface area contributed by atoms with Gasteiger partial charge in [0.2, 0.25) is 5.91 Å². The van der Waals surface area contributed by atoms with E-state index in [4.69, 9.17) is 5.11 Å². The molecule has 0 aliphatic carbocycles. The molecule has 1 fully saturated rings. The Morgan fingerprint density at radius 1 is 1.13 bits per heavy atom. The SMILES string of the molecule is CC(=O)SC[C@H](C)C(=O)SC[C@@H](C)C(=O)N1CCC[C@H]1C(=O)O. The third-order valence-electron chi connectivity index (χ3n) is 3.66. The lowest BCUT2D eigenvalue weighted by atomic mass is 10.1. The van der Waals surface area contributed by atoms with E-state index >= 15 is 0 Å². The molecule has 1 saturated heterocycles. The molecule has 1 heterocycles. The molecule has 1 aliphatic rings. The molecule has 1 aliphatic heterocycles. The van der Waals surface area contributed by atoms with Crippen molar-refractivity contribution in [1.82, 2.24) is 4.90 Å². The Bertz CT molecular complexity index is 482. The van der Waals surface area contributed by atoms with Crippen LogP contribution in [0.3, 0.4) is 0 Å². The Balaban J connectivity index is 2.44. The summed E-state index contributed by atoms with van der Waals surface area (Å²) >= 11 is 2.20. The second-order valence-electron chi connectivity index (χ2n) is 5.76. The van der Waals surface area contributed by atoms with Crippen LogP contribution < -0.4 is 0 Å². The van der Waals surface area contributed by atoms with Crippen LogP contribution in [0.25, 0.3) is 0 Å². The number of carboxylic acid groups (broad SMARTS) is 1. The summed E-state index contributed by atoms with van der Waals surface area (Å²) < 4.78 is 0. The van der Waals surface area contributed by atoms with Gasteiger partial charge < -0.3 is 10.0 Å². The van der Waals surface area contributed by atoms with Crippen molar-refractivity contribution < 1.29 is 24.3 Å². The van der Waals surface area contributed by atoms with Gasteiger partial charge in [0.05, 0.1) is 0 Å². The van der Waals surface area contributed by atoms with E-state index in [-0.39, 0.29) is 22.1 Å². The molecule has 0 aromatic rings. The van der Waals surface area contributed by atoms with E-state index in [0.717, 1.165) is 23.5 Å². The maximum Gasteiger partial charge on any atom is 0.326 e. The van der Waals surface area contributed by atoms with Gasteiger partial charge in [0.1, 0.15) is 6.04 Å². The first-order valence-corrected chi connectivity index (χ1v) is 9.54. The van der Waals surface area contributed by atoms with Gasteiger partial charge in [-0.2, -0.15) is 0 Å². The van der Waals surface area contributed by atoms with E-state index in [2.05, 4.69) is 0 Å². The normalized spacial score (nSPS) is 20.1. The maximum absolute atomic E-state index is 12.3. The van der Waals surface area contributed by atoms with Crippen molar-refractivity contribution in [2.24, 2.45) is 11.8 Å². The highest BCUT2D eigenvalue weighted by Crippen LogP contribution is 2.23. The molecule has 130 valence electrons. The van der Waals surface area contributed by atoms with Crippen molar-refractivity contribution in [1.29, 1.82) is 0 Å². The highest BCUT2D eigenvalue weighted by atomic mass is 32.2. The highest BCUT2D eigenvalue weighted by molar-refractivity contribution is 8.14. The molecule has 1 rings (SSSR count). The van der Waals surface area contributed by atoms with Gasteiger partial charge in [-0.3, -0.25) is 14.4 Å². The van der Waals surface area contributed by atoms with E-state index in [1.54, 1.807) is 13.8 Å². The van der Waals surface area contributed by atoms with Crippen molar-refractivity contribution in [3.63, 3.8) is 0 Å². The molecule has 0 radical (unpaired) electrons. The van der Waals surface area contributed by atoms with E-state index in [0.29, 0.717) is 30.9 Å². The first-order chi connectivity index (χ1) is 10.7. The summed E-state index contributed by atoms with van der Waals surface area (Å²) in [6, 6.07) is -0.739. The van der Waals surface area contributed by atoms with Crippen LogP contribution in [-0.4, -0.2) is 56.2 Å². The average molecular weight is 361 g/mol. The minimum Gasteiger partial charge on any atom is -0.480 e. The minimum atomic E-state index is -0.971. The van der Waals surface area contributed by atoms with Crippen LogP contribution in [0.2, 0.25) is 0 Å². The lowest BCUT2D eigenvalue weighted by Gasteiger charge is -2.24. The molecular weight excluding hydrogens is 338 g/mol. The molecule has 0 unspecified atom stereocenters. The number of carboxylic acids is 1. The van der Waals surface area contributed by atoms with Crippen molar-refractivity contribution >= 4 is 45.6 Å². The molecule has 0 aromatic carbocycles. The molecule has 0 spiro atoms. The molecule has 8 heteroatoms. The van der Waals surface area contributed by atoms with Crippen LogP contribution >= 0.6 is 23.5 Å². The maximum atomic E-state index is 12.3. The molecule has 0 saturated carbocycles. The summed E-state index contributed by atoms with van der Waals surface area (Å²) in [4.78, 5) is 47.8.